The molecular formula is C29H28F3N7O. The van der Waals surface area contributed by atoms with E-state index in [9.17, 15) is 18.0 Å². The lowest BCUT2D eigenvalue weighted by Gasteiger charge is -2.34. The normalized spacial score (nSPS) is 14.3. The van der Waals surface area contributed by atoms with Gasteiger partial charge in [0.1, 0.15) is 11.5 Å². The fourth-order valence-electron chi connectivity index (χ4n) is 4.56. The van der Waals surface area contributed by atoms with E-state index in [1.165, 1.54) is 6.07 Å². The van der Waals surface area contributed by atoms with Crippen molar-refractivity contribution in [3.8, 4) is 11.4 Å². The zero-order valence-electron chi connectivity index (χ0n) is 22.1. The molecular weight excluding hydrogens is 519 g/mol. The average Bonchev–Trinajstić information content (AvgIpc) is 2.95. The van der Waals surface area contributed by atoms with Gasteiger partial charge in [-0.2, -0.15) is 13.2 Å². The molecule has 4 aromatic rings. The topological polar surface area (TPSA) is 87.1 Å². The molecule has 2 aromatic heterocycles. The van der Waals surface area contributed by atoms with E-state index < -0.39 is 17.6 Å². The third-order valence-corrected chi connectivity index (χ3v) is 6.92. The molecule has 2 aromatic carbocycles. The lowest BCUT2D eigenvalue weighted by atomic mass is 10.0. The molecule has 0 aliphatic carbocycles. The van der Waals surface area contributed by atoms with Gasteiger partial charge in [-0.25, -0.2) is 9.97 Å². The van der Waals surface area contributed by atoms with Crippen LogP contribution in [-0.2, 0) is 12.6 Å². The van der Waals surface area contributed by atoms with Gasteiger partial charge in [-0.05, 0) is 61.5 Å². The van der Waals surface area contributed by atoms with Crippen molar-refractivity contribution in [2.24, 2.45) is 0 Å². The Morgan fingerprint density at radius 3 is 2.48 bits per heavy atom. The van der Waals surface area contributed by atoms with Crippen molar-refractivity contribution in [2.45, 2.75) is 19.5 Å². The molecule has 1 saturated heterocycles. The fourth-order valence-corrected chi connectivity index (χ4v) is 4.56. The molecule has 1 fully saturated rings. The lowest BCUT2D eigenvalue weighted by molar-refractivity contribution is -0.136. The van der Waals surface area contributed by atoms with Crippen LogP contribution < -0.4 is 10.2 Å². The van der Waals surface area contributed by atoms with E-state index in [4.69, 9.17) is 0 Å². The molecule has 1 aliphatic rings. The number of aryl methyl sites for hydroxylation is 1. The minimum atomic E-state index is -4.63. The van der Waals surface area contributed by atoms with Crippen molar-refractivity contribution >= 4 is 17.3 Å². The summed E-state index contributed by atoms with van der Waals surface area (Å²) in [5.74, 6) is -0.115. The number of nitrogens with zero attached hydrogens (tertiary/aromatic N) is 6. The number of amides is 1. The second-order valence-corrected chi connectivity index (χ2v) is 9.74. The summed E-state index contributed by atoms with van der Waals surface area (Å²) in [6.07, 6.45) is 2.08. The Balaban J connectivity index is 1.36. The van der Waals surface area contributed by atoms with Crippen molar-refractivity contribution in [2.75, 3.05) is 43.4 Å². The molecule has 0 spiro atoms. The van der Waals surface area contributed by atoms with Gasteiger partial charge in [0.05, 0.1) is 23.1 Å². The SMILES string of the molecule is Cc1ccc(C(=O)Nc2ccc(N3CCN(C)CC3)cc2C(F)(F)F)cc1Cc1nccc(-c2cnccn2)n1. The molecule has 40 heavy (non-hydrogen) atoms. The maximum atomic E-state index is 14.0. The molecule has 1 amide bonds. The van der Waals surface area contributed by atoms with Gasteiger partial charge in [-0.1, -0.05) is 6.07 Å². The highest BCUT2D eigenvalue weighted by atomic mass is 19.4. The molecule has 0 radical (unpaired) electrons. The number of anilines is 2. The molecule has 0 bridgehead atoms. The third kappa shape index (κ3) is 6.26. The molecule has 11 heteroatoms. The Hall–Kier alpha value is -4.38. The number of benzene rings is 2. The Bertz CT molecular complexity index is 1500. The van der Waals surface area contributed by atoms with Gasteiger partial charge in [0, 0.05) is 62.4 Å². The van der Waals surface area contributed by atoms with E-state index in [1.807, 2.05) is 18.9 Å². The van der Waals surface area contributed by atoms with Gasteiger partial charge in [0.2, 0.25) is 0 Å². The standard InChI is InChI=1S/C29H28F3N7O/c1-19-3-4-20(15-21(19)16-27-35-8-7-25(36-27)26-18-33-9-10-34-26)28(40)37-24-6-5-22(17-23(24)29(30,31)32)39-13-11-38(2)12-14-39/h3-10,15,17-18H,11-14,16H2,1-2H3,(H,37,40). The molecule has 1 N–H and O–H groups in total. The Kier molecular flexibility index (Phi) is 7.74. The number of likely N-dealkylation sites (N-methyl/N-ethyl adjacent to an activating group) is 1. The van der Waals surface area contributed by atoms with Crippen molar-refractivity contribution in [1.82, 2.24) is 24.8 Å². The first-order valence-corrected chi connectivity index (χ1v) is 12.8. The van der Waals surface area contributed by atoms with E-state index in [0.717, 1.165) is 30.3 Å². The van der Waals surface area contributed by atoms with Crippen LogP contribution in [-0.4, -0.2) is 64.0 Å². The summed E-state index contributed by atoms with van der Waals surface area (Å²) in [5.41, 5.74) is 2.47. The average molecular weight is 548 g/mol. The van der Waals surface area contributed by atoms with Crippen LogP contribution in [0.5, 0.6) is 0 Å². The minimum Gasteiger partial charge on any atom is -0.369 e. The van der Waals surface area contributed by atoms with Gasteiger partial charge in [0.25, 0.3) is 5.91 Å². The number of aromatic nitrogens is 4. The van der Waals surface area contributed by atoms with Crippen LogP contribution in [0.25, 0.3) is 11.4 Å². The molecule has 0 unspecified atom stereocenters. The number of rotatable bonds is 6. The van der Waals surface area contributed by atoms with Gasteiger partial charge < -0.3 is 15.1 Å². The second-order valence-electron chi connectivity index (χ2n) is 9.74. The number of alkyl halides is 3. The van der Waals surface area contributed by atoms with E-state index in [0.29, 0.717) is 42.4 Å². The predicted molar refractivity (Wildman–Crippen MR) is 146 cm³/mol. The van der Waals surface area contributed by atoms with Crippen LogP contribution in [0.3, 0.4) is 0 Å². The first-order chi connectivity index (χ1) is 19.2. The summed E-state index contributed by atoms with van der Waals surface area (Å²) in [4.78, 5) is 34.4. The number of piperazine rings is 1. The molecule has 5 rings (SSSR count). The van der Waals surface area contributed by atoms with Crippen LogP contribution >= 0.6 is 0 Å². The van der Waals surface area contributed by atoms with E-state index >= 15 is 0 Å². The molecule has 1 aliphatic heterocycles. The zero-order valence-corrected chi connectivity index (χ0v) is 22.1. The number of carbonyl (C=O) groups is 1. The summed E-state index contributed by atoms with van der Waals surface area (Å²) in [6.45, 7) is 4.70. The van der Waals surface area contributed by atoms with Gasteiger partial charge >= 0.3 is 6.18 Å². The van der Waals surface area contributed by atoms with E-state index in [-0.39, 0.29) is 11.3 Å². The Morgan fingerprint density at radius 2 is 1.75 bits per heavy atom. The number of carbonyl (C=O) groups excluding carboxylic acids is 1. The highest BCUT2D eigenvalue weighted by Crippen LogP contribution is 2.38. The van der Waals surface area contributed by atoms with Crippen LogP contribution in [0, 0.1) is 6.92 Å². The van der Waals surface area contributed by atoms with E-state index in [2.05, 4.69) is 30.2 Å². The summed E-state index contributed by atoms with van der Waals surface area (Å²) in [7, 11) is 1.98. The van der Waals surface area contributed by atoms with E-state index in [1.54, 1.807) is 55.1 Å². The number of nitrogens with one attached hydrogen (secondary N) is 1. The Labute approximate surface area is 229 Å². The molecule has 8 nitrogen and oxygen atoms in total. The monoisotopic (exact) mass is 547 g/mol. The van der Waals surface area contributed by atoms with Crippen LogP contribution in [0.2, 0.25) is 0 Å². The summed E-state index contributed by atoms with van der Waals surface area (Å²) >= 11 is 0. The van der Waals surface area contributed by atoms with Crippen molar-refractivity contribution < 1.29 is 18.0 Å². The molecule has 0 saturated carbocycles. The lowest BCUT2D eigenvalue weighted by Crippen LogP contribution is -2.44. The molecule has 3 heterocycles. The van der Waals surface area contributed by atoms with Gasteiger partial charge in [0.15, 0.2) is 0 Å². The second kappa shape index (κ2) is 11.4. The zero-order chi connectivity index (χ0) is 28.3. The summed E-state index contributed by atoms with van der Waals surface area (Å²) < 4.78 is 42.1. The highest BCUT2D eigenvalue weighted by Gasteiger charge is 2.35. The largest absolute Gasteiger partial charge is 0.418 e. The Morgan fingerprint density at radius 1 is 0.950 bits per heavy atom. The first-order valence-electron chi connectivity index (χ1n) is 12.8. The van der Waals surface area contributed by atoms with Crippen molar-refractivity contribution in [1.29, 1.82) is 0 Å². The fraction of sp³-hybridized carbons (Fsp3) is 0.276. The summed E-state index contributed by atoms with van der Waals surface area (Å²) in [5, 5.41) is 2.48. The quantitative estimate of drug-likeness (QED) is 0.369. The van der Waals surface area contributed by atoms with Crippen LogP contribution in [0.1, 0.15) is 32.9 Å². The molecule has 0 atom stereocenters. The molecule has 206 valence electrons. The highest BCUT2D eigenvalue weighted by molar-refractivity contribution is 6.05. The third-order valence-electron chi connectivity index (χ3n) is 6.92. The van der Waals surface area contributed by atoms with Crippen LogP contribution in [0.15, 0.2) is 67.3 Å². The van der Waals surface area contributed by atoms with Crippen molar-refractivity contribution in [3.05, 3.63) is 95.3 Å². The number of hydrogen-bond acceptors (Lipinski definition) is 7. The maximum Gasteiger partial charge on any atom is 0.418 e. The first kappa shape index (κ1) is 27.2. The number of halogens is 3. The summed E-state index contributed by atoms with van der Waals surface area (Å²) in [6, 6.07) is 10.8. The van der Waals surface area contributed by atoms with Gasteiger partial charge in [-0.15, -0.1) is 0 Å². The minimum absolute atomic E-state index is 0.238. The van der Waals surface area contributed by atoms with Gasteiger partial charge in [-0.3, -0.25) is 14.8 Å². The maximum absolute atomic E-state index is 14.0. The van der Waals surface area contributed by atoms with Crippen LogP contribution in [0.4, 0.5) is 24.5 Å². The van der Waals surface area contributed by atoms with Crippen molar-refractivity contribution in [3.63, 3.8) is 0 Å². The smallest absolute Gasteiger partial charge is 0.369 e. The number of hydrogen-bond donors (Lipinski definition) is 1. The predicted octanol–water partition coefficient (Wildman–Crippen LogP) is 4.86.